The van der Waals surface area contributed by atoms with E-state index >= 15 is 0 Å². The van der Waals surface area contributed by atoms with Crippen molar-refractivity contribution in [3.05, 3.63) is 113 Å². The van der Waals surface area contributed by atoms with Crippen LogP contribution in [0.2, 0.25) is 0 Å². The van der Waals surface area contributed by atoms with Gasteiger partial charge < -0.3 is 24.8 Å². The van der Waals surface area contributed by atoms with Crippen LogP contribution in [0.3, 0.4) is 0 Å². The molecule has 0 aromatic heterocycles. The van der Waals surface area contributed by atoms with Gasteiger partial charge >= 0.3 is 213 Å². The van der Waals surface area contributed by atoms with Gasteiger partial charge in [0.15, 0.2) is 0 Å². The second kappa shape index (κ2) is 13.9. The summed E-state index contributed by atoms with van der Waals surface area (Å²) in [6.45, 7) is 0. The van der Waals surface area contributed by atoms with Crippen molar-refractivity contribution >= 4 is 27.3 Å². The zero-order valence-electron chi connectivity index (χ0n) is 18.8. The van der Waals surface area contributed by atoms with E-state index < -0.39 is 50.5 Å². The average molecular weight is 656 g/mol. The third kappa shape index (κ3) is 7.34. The molecule has 0 atom stereocenters. The van der Waals surface area contributed by atoms with Crippen molar-refractivity contribution in [1.29, 1.82) is 0 Å². The van der Waals surface area contributed by atoms with Crippen LogP contribution in [0.1, 0.15) is 33.6 Å². The van der Waals surface area contributed by atoms with E-state index in [4.69, 9.17) is 9.47 Å². The van der Waals surface area contributed by atoms with Gasteiger partial charge in [-0.05, 0) is 0 Å². The number of hydrogen-bond donors (Lipinski definition) is 0. The fourth-order valence-corrected chi connectivity index (χ4v) is 9.70. The SMILES string of the molecule is O=C(OC1=CCC(P(=O)=O)=[C]1[Zr+2][C]1=C(P(=O)=O)CC=C1OC(=O)c1ccccc1)c1ccccc1.[Cl-].[Cl-]. The molecule has 0 saturated carbocycles. The molecule has 188 valence electrons. The van der Waals surface area contributed by atoms with Gasteiger partial charge in [0.05, 0.1) is 0 Å². The molecule has 8 nitrogen and oxygen atoms in total. The minimum atomic E-state index is -2.99. The predicted molar refractivity (Wildman–Crippen MR) is 120 cm³/mol. The van der Waals surface area contributed by atoms with Crippen LogP contribution in [0, 0.1) is 0 Å². The zero-order chi connectivity index (χ0) is 24.9. The first-order valence-electron chi connectivity index (χ1n) is 10.3. The second-order valence-corrected chi connectivity index (χ2v) is 12.5. The Balaban J connectivity index is 0.00000241. The molecule has 4 rings (SSSR count). The third-order valence-corrected chi connectivity index (χ3v) is 11.8. The van der Waals surface area contributed by atoms with Crippen molar-refractivity contribution in [2.24, 2.45) is 0 Å². The number of hydrogen-bond acceptors (Lipinski definition) is 8. The number of halogens is 2. The molecule has 0 bridgehead atoms. The molecule has 13 heteroatoms. The van der Waals surface area contributed by atoms with Gasteiger partial charge in [-0.15, -0.1) is 0 Å². The van der Waals surface area contributed by atoms with Crippen molar-refractivity contribution in [3.8, 4) is 0 Å². The van der Waals surface area contributed by atoms with Crippen LogP contribution in [0.25, 0.3) is 0 Å². The summed E-state index contributed by atoms with van der Waals surface area (Å²) in [5, 5.41) is 0.159. The summed E-state index contributed by atoms with van der Waals surface area (Å²) in [5.41, 5.74) is 0.581. The van der Waals surface area contributed by atoms with E-state index in [1.165, 1.54) is 12.2 Å². The van der Waals surface area contributed by atoms with Crippen LogP contribution >= 0.6 is 15.4 Å². The summed E-state index contributed by atoms with van der Waals surface area (Å²) in [5.74, 6) is -1.10. The maximum absolute atomic E-state index is 12.6. The molecule has 2 aliphatic carbocycles. The number of allylic oxidation sites excluding steroid dienone is 6. The topological polar surface area (TPSA) is 121 Å². The average Bonchev–Trinajstić information content (AvgIpc) is 3.44. The number of esters is 2. The molecule has 0 fully saturated rings. The Hall–Kier alpha value is -2.40. The fraction of sp³-hybridized carbons (Fsp3) is 0.0833. The summed E-state index contributed by atoms with van der Waals surface area (Å²) in [7, 11) is -5.97. The molecule has 0 heterocycles. The van der Waals surface area contributed by atoms with Crippen molar-refractivity contribution in [2.45, 2.75) is 12.8 Å². The van der Waals surface area contributed by atoms with Gasteiger partial charge in [0.25, 0.3) is 0 Å². The van der Waals surface area contributed by atoms with Crippen LogP contribution in [0.15, 0.2) is 102 Å². The van der Waals surface area contributed by atoms with Crippen molar-refractivity contribution in [1.82, 2.24) is 0 Å². The smallest absolute Gasteiger partial charge is 1.00 e. The number of benzene rings is 2. The monoisotopic (exact) mass is 654 g/mol. The Kier molecular flexibility index (Phi) is 11.6. The summed E-state index contributed by atoms with van der Waals surface area (Å²) in [4.78, 5) is 25.2. The molecule has 37 heavy (non-hydrogen) atoms. The van der Waals surface area contributed by atoms with Gasteiger partial charge in [-0.1, -0.05) is 0 Å². The van der Waals surface area contributed by atoms with Crippen LogP contribution in [0.4, 0.5) is 0 Å². The normalized spacial score (nSPS) is 13.9. The van der Waals surface area contributed by atoms with Crippen LogP contribution in [-0.4, -0.2) is 11.9 Å². The zero-order valence-corrected chi connectivity index (χ0v) is 24.5. The Bertz CT molecular complexity index is 1350. The fourth-order valence-electron chi connectivity index (χ4n) is 3.45. The molecule has 0 N–H and O–H groups in total. The molecule has 0 aliphatic heterocycles. The predicted octanol–water partition coefficient (Wildman–Crippen LogP) is 0.135. The number of carbonyl (C=O) groups excluding carboxylic acids is 2. The Morgan fingerprint density at radius 3 is 1.30 bits per heavy atom. The molecular formula is C24H16Cl2O8P2Zr. The number of rotatable bonds is 8. The van der Waals surface area contributed by atoms with Gasteiger partial charge in [0, 0.05) is 0 Å². The molecule has 0 amide bonds. The summed E-state index contributed by atoms with van der Waals surface area (Å²) in [6, 6.07) is 16.5. The van der Waals surface area contributed by atoms with Crippen LogP contribution in [-0.2, 0) is 51.0 Å². The first-order chi connectivity index (χ1) is 16.8. The minimum absolute atomic E-state index is 0. The van der Waals surface area contributed by atoms with E-state index in [1.54, 1.807) is 60.7 Å². The standard InChI is InChI=1S/2C12H8O4P.2ClH.Zr/c2*13-12(9-4-2-1-3-5-9)16-10-6-7-11(8-10)17(14)15;;;/h2*1-6H,7H2;2*1H;/q;;;;+2/p-2. The van der Waals surface area contributed by atoms with Crippen molar-refractivity contribution in [2.75, 3.05) is 0 Å². The molecule has 0 unspecified atom stereocenters. The molecule has 2 aliphatic rings. The van der Waals surface area contributed by atoms with E-state index in [-0.39, 0.29) is 59.8 Å². The summed E-state index contributed by atoms with van der Waals surface area (Å²) >= 11 is -2.23. The molecule has 0 radical (unpaired) electrons. The largest absolute Gasteiger partial charge is 1.00 e. The van der Waals surface area contributed by atoms with Gasteiger partial charge in [0.1, 0.15) is 0 Å². The van der Waals surface area contributed by atoms with Gasteiger partial charge in [0.2, 0.25) is 0 Å². The molecular weight excluding hydrogens is 640 g/mol. The number of carbonyl (C=O) groups is 2. The first kappa shape index (κ1) is 30.8. The van der Waals surface area contributed by atoms with Crippen LogP contribution in [0.5, 0.6) is 0 Å². The molecule has 0 saturated heterocycles. The third-order valence-electron chi connectivity index (χ3n) is 5.15. The Morgan fingerprint density at radius 1 is 0.622 bits per heavy atom. The number of ether oxygens (including phenoxy) is 2. The second-order valence-electron chi connectivity index (χ2n) is 7.34. The quantitative estimate of drug-likeness (QED) is 0.291. The molecule has 2 aromatic carbocycles. The summed E-state index contributed by atoms with van der Waals surface area (Å²) < 4.78 is 59.5. The van der Waals surface area contributed by atoms with E-state index in [1.807, 2.05) is 0 Å². The maximum Gasteiger partial charge on any atom is -1.00 e. The maximum atomic E-state index is 12.6. The minimum Gasteiger partial charge on any atom is -1.00 e. The van der Waals surface area contributed by atoms with E-state index in [2.05, 4.69) is 0 Å². The Labute approximate surface area is 236 Å². The Morgan fingerprint density at radius 2 is 0.973 bits per heavy atom. The van der Waals surface area contributed by atoms with Gasteiger partial charge in [-0.3, -0.25) is 0 Å². The van der Waals surface area contributed by atoms with E-state index in [0.29, 0.717) is 17.7 Å². The van der Waals surface area contributed by atoms with Gasteiger partial charge in [-0.2, -0.15) is 0 Å². The van der Waals surface area contributed by atoms with Crippen molar-refractivity contribution < 1.29 is 85.4 Å². The summed E-state index contributed by atoms with van der Waals surface area (Å²) in [6.07, 6.45) is 3.09. The van der Waals surface area contributed by atoms with Crippen molar-refractivity contribution in [3.63, 3.8) is 0 Å². The van der Waals surface area contributed by atoms with Crippen LogP contribution < -0.4 is 24.8 Å². The molecule has 0 spiro atoms. The van der Waals surface area contributed by atoms with E-state index in [9.17, 15) is 27.8 Å². The van der Waals surface area contributed by atoms with E-state index in [0.717, 1.165) is 0 Å². The van der Waals surface area contributed by atoms with Gasteiger partial charge in [-0.25, -0.2) is 0 Å². The first-order valence-corrected chi connectivity index (χ1v) is 15.1. The molecule has 2 aromatic rings.